The van der Waals surface area contributed by atoms with E-state index >= 15 is 0 Å². The van der Waals surface area contributed by atoms with Crippen molar-refractivity contribution in [3.8, 4) is 0 Å². The Morgan fingerprint density at radius 2 is 2.22 bits per heavy atom. The van der Waals surface area contributed by atoms with Crippen molar-refractivity contribution in [2.75, 3.05) is 36.3 Å². The third-order valence-electron chi connectivity index (χ3n) is 2.92. The number of thioether (sulfide) groups is 1. The molecule has 18 heavy (non-hydrogen) atoms. The van der Waals surface area contributed by atoms with Crippen LogP contribution < -0.4 is 10.2 Å². The number of benzene rings is 1. The topological polar surface area (TPSA) is 58.4 Å². The molecule has 0 heterocycles. The van der Waals surface area contributed by atoms with Gasteiger partial charge in [0.15, 0.2) is 0 Å². The Bertz CT molecular complexity index is 426. The predicted molar refractivity (Wildman–Crippen MR) is 78.9 cm³/mol. The van der Waals surface area contributed by atoms with Crippen LogP contribution in [0.1, 0.15) is 6.92 Å². The number of anilines is 2. The Morgan fingerprint density at radius 1 is 1.56 bits per heavy atom. The summed E-state index contributed by atoms with van der Waals surface area (Å²) in [5.41, 5.74) is 1.32. The van der Waals surface area contributed by atoms with Crippen molar-refractivity contribution in [1.29, 1.82) is 0 Å². The number of nitro benzene ring substituents is 1. The molecule has 0 fully saturated rings. The maximum Gasteiger partial charge on any atom is 0.315 e. The van der Waals surface area contributed by atoms with Gasteiger partial charge in [-0.15, -0.1) is 0 Å². The first-order valence-electron chi connectivity index (χ1n) is 5.69. The lowest BCUT2D eigenvalue weighted by molar-refractivity contribution is -0.383. The summed E-state index contributed by atoms with van der Waals surface area (Å²) in [7, 11) is 3.58. The van der Waals surface area contributed by atoms with E-state index in [-0.39, 0.29) is 16.7 Å². The molecule has 1 aromatic carbocycles. The van der Waals surface area contributed by atoms with Crippen LogP contribution in [0.25, 0.3) is 0 Å². The fraction of sp³-hybridized carbons (Fsp3) is 0.500. The van der Waals surface area contributed by atoms with Crippen LogP contribution in [0, 0.1) is 10.1 Å². The molecule has 0 aromatic heterocycles. The van der Waals surface area contributed by atoms with Crippen molar-refractivity contribution in [2.45, 2.75) is 13.0 Å². The molecule has 1 rings (SSSR count). The van der Waals surface area contributed by atoms with Crippen molar-refractivity contribution in [1.82, 2.24) is 0 Å². The van der Waals surface area contributed by atoms with Gasteiger partial charge in [0.2, 0.25) is 0 Å². The predicted octanol–water partition coefficient (Wildman–Crippen LogP) is 2.82. The first-order chi connectivity index (χ1) is 8.52. The lowest BCUT2D eigenvalue weighted by Gasteiger charge is -2.26. The quantitative estimate of drug-likeness (QED) is 0.635. The van der Waals surface area contributed by atoms with E-state index in [1.807, 2.05) is 24.3 Å². The van der Waals surface area contributed by atoms with Crippen LogP contribution in [-0.4, -0.2) is 37.1 Å². The molecule has 0 amide bonds. The first kappa shape index (κ1) is 14.6. The smallest absolute Gasteiger partial charge is 0.315 e. The lowest BCUT2D eigenvalue weighted by atomic mass is 10.2. The van der Waals surface area contributed by atoms with Gasteiger partial charge in [-0.05, 0) is 25.3 Å². The summed E-state index contributed by atoms with van der Waals surface area (Å²) in [6, 6.07) is 5.58. The van der Waals surface area contributed by atoms with Gasteiger partial charge in [-0.25, -0.2) is 0 Å². The van der Waals surface area contributed by atoms with Crippen LogP contribution in [0.2, 0.25) is 0 Å². The van der Waals surface area contributed by atoms with Gasteiger partial charge in [0.25, 0.3) is 0 Å². The highest BCUT2D eigenvalue weighted by Crippen LogP contribution is 2.35. The monoisotopic (exact) mass is 269 g/mol. The number of hydrogen-bond acceptors (Lipinski definition) is 5. The van der Waals surface area contributed by atoms with Gasteiger partial charge in [0.1, 0.15) is 11.4 Å². The molecular weight excluding hydrogens is 250 g/mol. The number of nitrogens with one attached hydrogen (secondary N) is 1. The molecule has 0 saturated carbocycles. The van der Waals surface area contributed by atoms with Crippen molar-refractivity contribution >= 4 is 28.8 Å². The SMILES string of the molecule is CNc1cccc(N(C)C(C)CSC)c1[N+](=O)[O-]. The Morgan fingerprint density at radius 3 is 2.72 bits per heavy atom. The van der Waals surface area contributed by atoms with Crippen molar-refractivity contribution in [2.24, 2.45) is 0 Å². The van der Waals surface area contributed by atoms with E-state index in [1.54, 1.807) is 30.9 Å². The van der Waals surface area contributed by atoms with Crippen LogP contribution in [0.15, 0.2) is 18.2 Å². The largest absolute Gasteiger partial charge is 0.382 e. The number of rotatable bonds is 6. The molecule has 5 nitrogen and oxygen atoms in total. The zero-order chi connectivity index (χ0) is 13.7. The fourth-order valence-electron chi connectivity index (χ4n) is 1.80. The van der Waals surface area contributed by atoms with Gasteiger partial charge in [0.05, 0.1) is 4.92 Å². The highest BCUT2D eigenvalue weighted by molar-refractivity contribution is 7.98. The summed E-state index contributed by atoms with van der Waals surface area (Å²) in [6.45, 7) is 2.06. The van der Waals surface area contributed by atoms with Gasteiger partial charge >= 0.3 is 5.69 Å². The molecule has 0 aliphatic carbocycles. The number of para-hydroxylation sites is 1. The summed E-state index contributed by atoms with van der Waals surface area (Å²) < 4.78 is 0. The molecule has 1 N–H and O–H groups in total. The zero-order valence-corrected chi connectivity index (χ0v) is 12.0. The molecule has 100 valence electrons. The van der Waals surface area contributed by atoms with Crippen molar-refractivity contribution < 1.29 is 4.92 Å². The van der Waals surface area contributed by atoms with Crippen LogP contribution in [-0.2, 0) is 0 Å². The average molecular weight is 269 g/mol. The van der Waals surface area contributed by atoms with Crippen LogP contribution >= 0.6 is 11.8 Å². The van der Waals surface area contributed by atoms with E-state index in [4.69, 9.17) is 0 Å². The molecule has 0 aliphatic rings. The minimum atomic E-state index is -0.330. The maximum atomic E-state index is 11.2. The summed E-state index contributed by atoms with van der Waals surface area (Å²) in [4.78, 5) is 12.8. The van der Waals surface area contributed by atoms with E-state index in [2.05, 4.69) is 12.2 Å². The zero-order valence-electron chi connectivity index (χ0n) is 11.1. The molecule has 1 unspecified atom stereocenters. The molecule has 0 saturated heterocycles. The minimum absolute atomic E-state index is 0.135. The van der Waals surface area contributed by atoms with Gasteiger partial charge < -0.3 is 10.2 Å². The molecule has 0 spiro atoms. The molecule has 1 aromatic rings. The highest BCUT2D eigenvalue weighted by atomic mass is 32.2. The Hall–Kier alpha value is -1.43. The first-order valence-corrected chi connectivity index (χ1v) is 7.09. The van der Waals surface area contributed by atoms with E-state index < -0.39 is 0 Å². The number of nitro groups is 1. The minimum Gasteiger partial charge on any atom is -0.382 e. The second-order valence-electron chi connectivity index (χ2n) is 4.10. The summed E-state index contributed by atoms with van der Waals surface area (Å²) in [5.74, 6) is 0.928. The summed E-state index contributed by atoms with van der Waals surface area (Å²) in [5, 5.41) is 14.1. The molecule has 0 aliphatic heterocycles. The van der Waals surface area contributed by atoms with Crippen LogP contribution in [0.3, 0.4) is 0 Å². The average Bonchev–Trinajstić information content (AvgIpc) is 2.36. The highest BCUT2D eigenvalue weighted by Gasteiger charge is 2.23. The molecular formula is C12H19N3O2S. The molecule has 0 bridgehead atoms. The van der Waals surface area contributed by atoms with Crippen LogP contribution in [0.4, 0.5) is 17.1 Å². The maximum absolute atomic E-state index is 11.2. The van der Waals surface area contributed by atoms with Crippen molar-refractivity contribution in [3.05, 3.63) is 28.3 Å². The van der Waals surface area contributed by atoms with E-state index in [0.717, 1.165) is 5.75 Å². The lowest BCUT2D eigenvalue weighted by Crippen LogP contribution is -2.31. The standard InChI is InChI=1S/C12H19N3O2S/c1-9(8-18-4)14(3)11-7-5-6-10(13-2)12(11)15(16)17/h5-7,9,13H,8H2,1-4H3. The van der Waals surface area contributed by atoms with Crippen LogP contribution in [0.5, 0.6) is 0 Å². The Balaban J connectivity index is 3.19. The normalized spacial score (nSPS) is 12.0. The number of hydrogen-bond donors (Lipinski definition) is 1. The van der Waals surface area contributed by atoms with Gasteiger partial charge in [0, 0.05) is 25.9 Å². The Kier molecular flexibility index (Phi) is 5.27. The molecule has 6 heteroatoms. The van der Waals surface area contributed by atoms with Gasteiger partial charge in [-0.2, -0.15) is 11.8 Å². The second kappa shape index (κ2) is 6.49. The molecule has 0 radical (unpaired) electrons. The van der Waals surface area contributed by atoms with Gasteiger partial charge in [-0.3, -0.25) is 10.1 Å². The van der Waals surface area contributed by atoms with E-state index in [9.17, 15) is 10.1 Å². The third kappa shape index (κ3) is 3.07. The summed E-state index contributed by atoms with van der Waals surface area (Å²) in [6.07, 6.45) is 2.03. The summed E-state index contributed by atoms with van der Waals surface area (Å²) >= 11 is 1.73. The number of nitrogens with zero attached hydrogens (tertiary/aromatic N) is 2. The third-order valence-corrected chi connectivity index (χ3v) is 3.73. The Labute approximate surface area is 112 Å². The molecule has 1 atom stereocenters. The second-order valence-corrected chi connectivity index (χ2v) is 5.01. The van der Waals surface area contributed by atoms with Gasteiger partial charge in [-0.1, -0.05) is 6.07 Å². The van der Waals surface area contributed by atoms with E-state index in [1.165, 1.54) is 0 Å². The van der Waals surface area contributed by atoms with Crippen molar-refractivity contribution in [3.63, 3.8) is 0 Å². The van der Waals surface area contributed by atoms with E-state index in [0.29, 0.717) is 11.4 Å². The fourth-order valence-corrected chi connectivity index (χ4v) is 2.51.